The van der Waals surface area contributed by atoms with Crippen LogP contribution >= 0.6 is 0 Å². The number of carboxylic acids is 1. The van der Waals surface area contributed by atoms with E-state index in [1.807, 2.05) is 26.0 Å². The molecule has 15 heavy (non-hydrogen) atoms. The van der Waals surface area contributed by atoms with Gasteiger partial charge in [-0.2, -0.15) is 0 Å². The average Bonchev–Trinajstić information content (AvgIpc) is 2.13. The lowest BCUT2D eigenvalue weighted by Gasteiger charge is -2.15. The van der Waals surface area contributed by atoms with Gasteiger partial charge in [0.05, 0.1) is 0 Å². The molecule has 0 unspecified atom stereocenters. The van der Waals surface area contributed by atoms with Crippen molar-refractivity contribution in [1.82, 2.24) is 0 Å². The van der Waals surface area contributed by atoms with E-state index in [0.29, 0.717) is 0 Å². The van der Waals surface area contributed by atoms with Gasteiger partial charge in [0.15, 0.2) is 0 Å². The standard InChI is InChI=1S/C11H16N2O2/c1-6-5-10(7(2)4-9(6)12)13-8(3)11(14)15/h4-5,8,13H,12H2,1-3H3,(H,14,15)/t8-/m0/s1. The minimum Gasteiger partial charge on any atom is -0.480 e. The van der Waals surface area contributed by atoms with Crippen LogP contribution in [-0.4, -0.2) is 17.1 Å². The first kappa shape index (κ1) is 11.4. The molecular weight excluding hydrogens is 192 g/mol. The van der Waals surface area contributed by atoms with Crippen LogP contribution in [0.4, 0.5) is 11.4 Å². The summed E-state index contributed by atoms with van der Waals surface area (Å²) in [6.45, 7) is 5.39. The van der Waals surface area contributed by atoms with E-state index < -0.39 is 12.0 Å². The maximum absolute atomic E-state index is 10.7. The van der Waals surface area contributed by atoms with Gasteiger partial charge in [0.25, 0.3) is 0 Å². The minimum absolute atomic E-state index is 0.605. The molecule has 0 saturated heterocycles. The van der Waals surface area contributed by atoms with E-state index in [2.05, 4.69) is 5.32 Å². The van der Waals surface area contributed by atoms with Crippen molar-refractivity contribution in [3.05, 3.63) is 23.3 Å². The number of hydrogen-bond acceptors (Lipinski definition) is 3. The molecule has 82 valence electrons. The van der Waals surface area contributed by atoms with Gasteiger partial charge in [-0.15, -0.1) is 0 Å². The first-order valence-electron chi connectivity index (χ1n) is 4.78. The van der Waals surface area contributed by atoms with Crippen molar-refractivity contribution in [3.8, 4) is 0 Å². The van der Waals surface area contributed by atoms with Gasteiger partial charge in [-0.25, -0.2) is 0 Å². The molecule has 0 aromatic heterocycles. The summed E-state index contributed by atoms with van der Waals surface area (Å²) in [6.07, 6.45) is 0. The highest BCUT2D eigenvalue weighted by Gasteiger charge is 2.11. The highest BCUT2D eigenvalue weighted by molar-refractivity contribution is 5.77. The maximum Gasteiger partial charge on any atom is 0.325 e. The largest absolute Gasteiger partial charge is 0.480 e. The van der Waals surface area contributed by atoms with Crippen LogP contribution < -0.4 is 11.1 Å². The lowest BCUT2D eigenvalue weighted by Crippen LogP contribution is -2.25. The van der Waals surface area contributed by atoms with Gasteiger partial charge in [-0.3, -0.25) is 4.79 Å². The zero-order valence-corrected chi connectivity index (χ0v) is 9.16. The second kappa shape index (κ2) is 4.21. The number of benzene rings is 1. The van der Waals surface area contributed by atoms with Crippen LogP contribution in [0.2, 0.25) is 0 Å². The molecule has 0 aliphatic heterocycles. The fourth-order valence-electron chi connectivity index (χ4n) is 1.29. The van der Waals surface area contributed by atoms with Gasteiger partial charge in [0.1, 0.15) is 6.04 Å². The number of carbonyl (C=O) groups is 1. The van der Waals surface area contributed by atoms with Crippen LogP contribution in [0.5, 0.6) is 0 Å². The lowest BCUT2D eigenvalue weighted by molar-refractivity contribution is -0.137. The van der Waals surface area contributed by atoms with Gasteiger partial charge in [0, 0.05) is 11.4 Å². The Hall–Kier alpha value is -1.71. The monoisotopic (exact) mass is 208 g/mol. The lowest BCUT2D eigenvalue weighted by atomic mass is 10.1. The summed E-state index contributed by atoms with van der Waals surface area (Å²) in [7, 11) is 0. The fraction of sp³-hybridized carbons (Fsp3) is 0.364. The number of carboxylic acid groups (broad SMARTS) is 1. The molecule has 1 aromatic rings. The van der Waals surface area contributed by atoms with Crippen LogP contribution in [0.1, 0.15) is 18.1 Å². The SMILES string of the molecule is Cc1cc(N[C@@H](C)C(=O)O)c(C)cc1N. The van der Waals surface area contributed by atoms with Crippen LogP contribution in [0.15, 0.2) is 12.1 Å². The number of nitrogen functional groups attached to an aromatic ring is 1. The number of nitrogens with two attached hydrogens (primary N) is 1. The Morgan fingerprint density at radius 1 is 1.40 bits per heavy atom. The smallest absolute Gasteiger partial charge is 0.325 e. The number of nitrogens with one attached hydrogen (secondary N) is 1. The van der Waals surface area contributed by atoms with E-state index in [1.165, 1.54) is 0 Å². The fourth-order valence-corrected chi connectivity index (χ4v) is 1.29. The van der Waals surface area contributed by atoms with Gasteiger partial charge < -0.3 is 16.2 Å². The summed E-state index contributed by atoms with van der Waals surface area (Å²) < 4.78 is 0. The summed E-state index contributed by atoms with van der Waals surface area (Å²) in [5, 5.41) is 11.7. The van der Waals surface area contributed by atoms with Gasteiger partial charge >= 0.3 is 5.97 Å². The Morgan fingerprint density at radius 3 is 2.53 bits per heavy atom. The van der Waals surface area contributed by atoms with Crippen molar-refractivity contribution in [2.24, 2.45) is 0 Å². The molecule has 0 amide bonds. The highest BCUT2D eigenvalue weighted by Crippen LogP contribution is 2.22. The Labute approximate surface area is 89.1 Å². The first-order valence-corrected chi connectivity index (χ1v) is 4.78. The van der Waals surface area contributed by atoms with Crippen molar-refractivity contribution in [1.29, 1.82) is 0 Å². The van der Waals surface area contributed by atoms with Gasteiger partial charge in [-0.05, 0) is 44.0 Å². The third-order valence-electron chi connectivity index (χ3n) is 2.36. The topological polar surface area (TPSA) is 75.3 Å². The Morgan fingerprint density at radius 2 is 2.00 bits per heavy atom. The normalized spacial score (nSPS) is 12.2. The number of aryl methyl sites for hydroxylation is 2. The molecule has 4 nitrogen and oxygen atoms in total. The zero-order chi connectivity index (χ0) is 11.6. The summed E-state index contributed by atoms with van der Waals surface area (Å²) >= 11 is 0. The molecule has 1 rings (SSSR count). The van der Waals surface area contributed by atoms with E-state index in [4.69, 9.17) is 10.8 Å². The van der Waals surface area contributed by atoms with Crippen LogP contribution in [0.3, 0.4) is 0 Å². The van der Waals surface area contributed by atoms with Crippen LogP contribution in [0.25, 0.3) is 0 Å². The van der Waals surface area contributed by atoms with Crippen LogP contribution in [-0.2, 0) is 4.79 Å². The number of aliphatic carboxylic acids is 1. The quantitative estimate of drug-likeness (QED) is 0.662. The predicted molar refractivity (Wildman–Crippen MR) is 61.0 cm³/mol. The number of anilines is 2. The molecular formula is C11H16N2O2. The zero-order valence-electron chi connectivity index (χ0n) is 9.16. The summed E-state index contributed by atoms with van der Waals surface area (Å²) in [6, 6.07) is 3.10. The van der Waals surface area contributed by atoms with E-state index in [1.54, 1.807) is 6.92 Å². The third-order valence-corrected chi connectivity index (χ3v) is 2.36. The number of hydrogen-bond donors (Lipinski definition) is 3. The van der Waals surface area contributed by atoms with E-state index in [0.717, 1.165) is 22.5 Å². The van der Waals surface area contributed by atoms with E-state index >= 15 is 0 Å². The summed E-state index contributed by atoms with van der Waals surface area (Å²) in [5.41, 5.74) is 9.17. The van der Waals surface area contributed by atoms with E-state index in [-0.39, 0.29) is 0 Å². The minimum atomic E-state index is -0.871. The molecule has 0 heterocycles. The molecule has 0 bridgehead atoms. The third kappa shape index (κ3) is 2.62. The molecule has 1 aromatic carbocycles. The Balaban J connectivity index is 2.95. The number of rotatable bonds is 3. The maximum atomic E-state index is 10.7. The molecule has 4 N–H and O–H groups in total. The van der Waals surface area contributed by atoms with Crippen molar-refractivity contribution < 1.29 is 9.90 Å². The Kier molecular flexibility index (Phi) is 3.19. The molecule has 1 atom stereocenters. The van der Waals surface area contributed by atoms with Crippen LogP contribution in [0, 0.1) is 13.8 Å². The van der Waals surface area contributed by atoms with Crippen molar-refractivity contribution in [2.45, 2.75) is 26.8 Å². The van der Waals surface area contributed by atoms with E-state index in [9.17, 15) is 4.79 Å². The average molecular weight is 208 g/mol. The summed E-state index contributed by atoms with van der Waals surface area (Å²) in [4.78, 5) is 10.7. The molecule has 0 aliphatic rings. The Bertz CT molecular complexity index is 388. The van der Waals surface area contributed by atoms with Crippen molar-refractivity contribution >= 4 is 17.3 Å². The van der Waals surface area contributed by atoms with Gasteiger partial charge in [-0.1, -0.05) is 0 Å². The predicted octanol–water partition coefficient (Wildman–Crippen LogP) is 1.77. The van der Waals surface area contributed by atoms with Crippen molar-refractivity contribution in [2.75, 3.05) is 11.1 Å². The molecule has 0 radical (unpaired) electrons. The molecule has 4 heteroatoms. The summed E-state index contributed by atoms with van der Waals surface area (Å²) in [5.74, 6) is -0.871. The molecule has 0 spiro atoms. The molecule has 0 fully saturated rings. The molecule has 0 saturated carbocycles. The highest BCUT2D eigenvalue weighted by atomic mass is 16.4. The van der Waals surface area contributed by atoms with Gasteiger partial charge in [0.2, 0.25) is 0 Å². The second-order valence-electron chi connectivity index (χ2n) is 3.73. The molecule has 0 aliphatic carbocycles. The second-order valence-corrected chi connectivity index (χ2v) is 3.73. The van der Waals surface area contributed by atoms with Crippen molar-refractivity contribution in [3.63, 3.8) is 0 Å². The first-order chi connectivity index (χ1) is 6.91.